The Morgan fingerprint density at radius 3 is 2.53 bits per heavy atom. The number of ether oxygens (including phenoxy) is 1. The molecule has 0 bridgehead atoms. The van der Waals surface area contributed by atoms with Crippen molar-refractivity contribution in [1.29, 1.82) is 0 Å². The predicted octanol–water partition coefficient (Wildman–Crippen LogP) is 0.809. The number of alkyl halides is 3. The van der Waals surface area contributed by atoms with Crippen molar-refractivity contribution >= 4 is 11.7 Å². The smallest absolute Gasteiger partial charge is 0.481 e. The van der Waals surface area contributed by atoms with Crippen LogP contribution in [0.1, 0.15) is 5.56 Å². The first-order chi connectivity index (χ1) is 8.61. The molecule has 0 spiro atoms. The molecule has 0 radical (unpaired) electrons. The van der Waals surface area contributed by atoms with Gasteiger partial charge in [0.2, 0.25) is 5.75 Å². The Labute approximate surface area is 101 Å². The van der Waals surface area contributed by atoms with E-state index in [-0.39, 0.29) is 0 Å². The van der Waals surface area contributed by atoms with Crippen LogP contribution >= 0.6 is 0 Å². The van der Waals surface area contributed by atoms with Gasteiger partial charge in [0, 0.05) is 11.8 Å². The highest BCUT2D eigenvalue weighted by molar-refractivity contribution is 5.72. The second-order valence-electron chi connectivity index (χ2n) is 3.20. The number of hydrogen-bond acceptors (Lipinski definition) is 5. The van der Waals surface area contributed by atoms with Crippen LogP contribution in [-0.4, -0.2) is 27.3 Å². The molecule has 0 saturated heterocycles. The van der Waals surface area contributed by atoms with Gasteiger partial charge in [0.15, 0.2) is 0 Å². The van der Waals surface area contributed by atoms with Gasteiger partial charge in [-0.2, -0.15) is 0 Å². The number of carboxylic acids is 1. The van der Waals surface area contributed by atoms with Crippen LogP contribution in [0.4, 0.5) is 18.9 Å². The number of carboxylic acid groups (broad SMARTS) is 1. The Balaban J connectivity index is 3.48. The summed E-state index contributed by atoms with van der Waals surface area (Å²) < 4.78 is 39.8. The van der Waals surface area contributed by atoms with Crippen LogP contribution in [0.5, 0.6) is 5.75 Å². The van der Waals surface area contributed by atoms with Gasteiger partial charge in [0.05, 0.1) is 11.3 Å². The maximum Gasteiger partial charge on any atom is 0.573 e. The number of nitrogens with one attached hydrogen (secondary N) is 1. The lowest BCUT2D eigenvalue weighted by Gasteiger charge is -2.11. The molecule has 0 unspecified atom stereocenters. The minimum Gasteiger partial charge on any atom is -0.481 e. The Hall–Kier alpha value is -2.59. The van der Waals surface area contributed by atoms with Crippen LogP contribution in [0.3, 0.4) is 0 Å². The molecule has 1 aromatic heterocycles. The molecule has 8 nitrogen and oxygen atoms in total. The van der Waals surface area contributed by atoms with Gasteiger partial charge >= 0.3 is 23.6 Å². The van der Waals surface area contributed by atoms with E-state index in [1.165, 1.54) is 0 Å². The number of halogens is 3. The van der Waals surface area contributed by atoms with Gasteiger partial charge in [-0.15, -0.1) is 13.2 Å². The number of aromatic amines is 1. The molecular formula is C8H5F3N2O6. The normalized spacial score (nSPS) is 11.1. The zero-order chi connectivity index (χ0) is 14.8. The van der Waals surface area contributed by atoms with Gasteiger partial charge in [0.1, 0.15) is 0 Å². The summed E-state index contributed by atoms with van der Waals surface area (Å²) in [6.07, 6.45) is -5.67. The number of rotatable bonds is 4. The van der Waals surface area contributed by atoms with E-state index in [4.69, 9.17) is 5.11 Å². The Morgan fingerprint density at radius 2 is 2.11 bits per heavy atom. The first-order valence-electron chi connectivity index (χ1n) is 4.48. The van der Waals surface area contributed by atoms with Crippen molar-refractivity contribution in [3.05, 3.63) is 32.2 Å². The lowest BCUT2D eigenvalue weighted by Crippen LogP contribution is -2.23. The second kappa shape index (κ2) is 4.96. The third-order valence-corrected chi connectivity index (χ3v) is 1.84. The summed E-state index contributed by atoms with van der Waals surface area (Å²) in [5.74, 6) is -2.97. The molecule has 11 heteroatoms. The summed E-state index contributed by atoms with van der Waals surface area (Å²) in [5, 5.41) is 19.0. The molecule has 0 aliphatic carbocycles. The third-order valence-electron chi connectivity index (χ3n) is 1.84. The van der Waals surface area contributed by atoms with E-state index < -0.39 is 46.2 Å². The highest BCUT2D eigenvalue weighted by Gasteiger charge is 2.37. The molecule has 19 heavy (non-hydrogen) atoms. The zero-order valence-corrected chi connectivity index (χ0v) is 8.85. The standard InChI is InChI=1S/C8H5F3N2O6/c9-8(10,11)19-6-3(1-4(14)15)2-12-7(16)5(6)13(17)18/h2H,1H2,(H,12,16)(H,14,15). The molecule has 0 amide bonds. The van der Waals surface area contributed by atoms with Crippen LogP contribution in [0.25, 0.3) is 0 Å². The zero-order valence-electron chi connectivity index (χ0n) is 8.85. The minimum absolute atomic E-state index is 0.616. The number of pyridine rings is 1. The van der Waals surface area contributed by atoms with Gasteiger partial charge < -0.3 is 14.8 Å². The summed E-state index contributed by atoms with van der Waals surface area (Å²) in [6.45, 7) is 0. The Kier molecular flexibility index (Phi) is 3.77. The van der Waals surface area contributed by atoms with E-state index >= 15 is 0 Å². The highest BCUT2D eigenvalue weighted by Crippen LogP contribution is 2.32. The molecule has 1 rings (SSSR count). The van der Waals surface area contributed by atoms with E-state index in [0.29, 0.717) is 6.20 Å². The van der Waals surface area contributed by atoms with Crippen molar-refractivity contribution in [2.24, 2.45) is 0 Å². The van der Waals surface area contributed by atoms with Crippen LogP contribution in [0, 0.1) is 10.1 Å². The molecule has 0 aliphatic heterocycles. The number of aliphatic carboxylic acids is 1. The summed E-state index contributed by atoms with van der Waals surface area (Å²) in [4.78, 5) is 32.5. The molecule has 0 aromatic carbocycles. The molecule has 2 N–H and O–H groups in total. The summed E-state index contributed by atoms with van der Waals surface area (Å²) in [6, 6.07) is 0. The fourth-order valence-corrected chi connectivity index (χ4v) is 1.23. The maximum absolute atomic E-state index is 12.1. The summed E-state index contributed by atoms with van der Waals surface area (Å²) in [7, 11) is 0. The van der Waals surface area contributed by atoms with Gasteiger partial charge in [-0.3, -0.25) is 19.7 Å². The number of H-pyrrole nitrogens is 1. The maximum atomic E-state index is 12.1. The fourth-order valence-electron chi connectivity index (χ4n) is 1.23. The quantitative estimate of drug-likeness (QED) is 0.622. The molecule has 1 heterocycles. The molecule has 0 saturated carbocycles. The predicted molar refractivity (Wildman–Crippen MR) is 51.7 cm³/mol. The van der Waals surface area contributed by atoms with Crippen molar-refractivity contribution in [2.75, 3.05) is 0 Å². The topological polar surface area (TPSA) is 123 Å². The number of aromatic nitrogens is 1. The van der Waals surface area contributed by atoms with Gasteiger partial charge in [-0.25, -0.2) is 0 Å². The van der Waals surface area contributed by atoms with Crippen molar-refractivity contribution in [1.82, 2.24) is 4.98 Å². The van der Waals surface area contributed by atoms with Crippen LogP contribution in [0.2, 0.25) is 0 Å². The number of hydrogen-bond donors (Lipinski definition) is 2. The third kappa shape index (κ3) is 3.69. The van der Waals surface area contributed by atoms with E-state index in [1.54, 1.807) is 4.98 Å². The number of nitro groups is 1. The van der Waals surface area contributed by atoms with Crippen molar-refractivity contribution in [3.63, 3.8) is 0 Å². The van der Waals surface area contributed by atoms with Crippen molar-refractivity contribution in [3.8, 4) is 5.75 Å². The molecule has 0 fully saturated rings. The molecule has 1 aromatic rings. The van der Waals surface area contributed by atoms with Crippen molar-refractivity contribution in [2.45, 2.75) is 12.8 Å². The SMILES string of the molecule is O=C(O)Cc1c[nH]c(=O)c([N+](=O)[O-])c1OC(F)(F)F. The molecule has 0 aliphatic rings. The van der Waals surface area contributed by atoms with Gasteiger partial charge in [0.25, 0.3) is 0 Å². The van der Waals surface area contributed by atoms with Crippen molar-refractivity contribution < 1.29 is 32.7 Å². The molecule has 104 valence electrons. The lowest BCUT2D eigenvalue weighted by atomic mass is 10.2. The highest BCUT2D eigenvalue weighted by atomic mass is 19.4. The Morgan fingerprint density at radius 1 is 1.53 bits per heavy atom. The summed E-state index contributed by atoms with van der Waals surface area (Å²) >= 11 is 0. The monoisotopic (exact) mass is 282 g/mol. The van der Waals surface area contributed by atoms with Gasteiger partial charge in [-0.05, 0) is 0 Å². The average Bonchev–Trinajstić information content (AvgIpc) is 2.18. The number of carbonyl (C=O) groups is 1. The van der Waals surface area contributed by atoms with Gasteiger partial charge in [-0.1, -0.05) is 0 Å². The lowest BCUT2D eigenvalue weighted by molar-refractivity contribution is -0.390. The van der Waals surface area contributed by atoms with E-state index in [0.717, 1.165) is 0 Å². The van der Waals surface area contributed by atoms with E-state index in [1.807, 2.05) is 0 Å². The first-order valence-corrected chi connectivity index (χ1v) is 4.48. The molecular weight excluding hydrogens is 277 g/mol. The van der Waals surface area contributed by atoms with Crippen LogP contribution in [0.15, 0.2) is 11.0 Å². The van der Waals surface area contributed by atoms with Crippen LogP contribution < -0.4 is 10.3 Å². The fraction of sp³-hybridized carbons (Fsp3) is 0.250. The largest absolute Gasteiger partial charge is 0.573 e. The average molecular weight is 282 g/mol. The Bertz CT molecular complexity index is 579. The van der Waals surface area contributed by atoms with E-state index in [9.17, 15) is 32.9 Å². The van der Waals surface area contributed by atoms with Crippen LogP contribution in [-0.2, 0) is 11.2 Å². The molecule has 0 atom stereocenters. The second-order valence-corrected chi connectivity index (χ2v) is 3.20. The minimum atomic E-state index is -5.30. The van der Waals surface area contributed by atoms with E-state index in [2.05, 4.69) is 4.74 Å². The number of nitrogens with zero attached hydrogens (tertiary/aromatic N) is 1. The first kappa shape index (κ1) is 14.5. The summed E-state index contributed by atoms with van der Waals surface area (Å²) in [5.41, 5.74) is -3.61.